The molecule has 0 bridgehead atoms. The molecule has 1 aromatic heterocycles. The molecule has 0 aliphatic carbocycles. The smallest absolute Gasteiger partial charge is 0.433 e. The molecule has 1 amide bonds. The molecule has 1 saturated heterocycles. The number of aromatic nitrogens is 1. The highest BCUT2D eigenvalue weighted by molar-refractivity contribution is 5.64. The number of carbonyl (C=O) groups is 1. The van der Waals surface area contributed by atoms with Gasteiger partial charge in [0.25, 0.3) is 0 Å². The van der Waals surface area contributed by atoms with E-state index >= 15 is 0 Å². The number of methoxy groups -OCH3 is 1. The van der Waals surface area contributed by atoms with Crippen molar-refractivity contribution in [2.24, 2.45) is 0 Å². The fourth-order valence-corrected chi connectivity index (χ4v) is 2.23. The molecule has 0 radical (unpaired) electrons. The summed E-state index contributed by atoms with van der Waals surface area (Å²) in [7, 11) is 1.67. The summed E-state index contributed by atoms with van der Waals surface area (Å²) in [5.74, 6) is 0.917. The van der Waals surface area contributed by atoms with Gasteiger partial charge in [0.15, 0.2) is 0 Å². The molecule has 0 spiro atoms. The zero-order chi connectivity index (χ0) is 22.6. The quantitative estimate of drug-likeness (QED) is 0.598. The van der Waals surface area contributed by atoms with Crippen molar-refractivity contribution in [3.8, 4) is 5.75 Å². The summed E-state index contributed by atoms with van der Waals surface area (Å²) < 4.78 is 41.5. The molecule has 3 rings (SSSR count). The molecule has 1 fully saturated rings. The van der Waals surface area contributed by atoms with Gasteiger partial charge in [0, 0.05) is 19.3 Å². The van der Waals surface area contributed by atoms with Crippen LogP contribution in [-0.4, -0.2) is 47.6 Å². The average Bonchev–Trinajstić information content (AvgIpc) is 3.18. The second-order valence-electron chi connectivity index (χ2n) is 6.37. The van der Waals surface area contributed by atoms with Crippen LogP contribution in [0, 0.1) is 6.92 Å². The molecule has 166 valence electrons. The molecule has 2 aromatic rings. The first-order valence-corrected chi connectivity index (χ1v) is 9.10. The van der Waals surface area contributed by atoms with E-state index in [9.17, 15) is 18.0 Å². The van der Waals surface area contributed by atoms with Gasteiger partial charge in [0.05, 0.1) is 13.2 Å². The summed E-state index contributed by atoms with van der Waals surface area (Å²) in [5.41, 5.74) is 0.433. The third-order valence-corrected chi connectivity index (χ3v) is 3.85. The molecular weight excluding hydrogens is 403 g/mol. The van der Waals surface area contributed by atoms with Gasteiger partial charge in [-0.15, -0.1) is 0 Å². The average molecular weight is 429 g/mol. The van der Waals surface area contributed by atoms with Gasteiger partial charge in [-0.3, -0.25) is 4.98 Å². The summed E-state index contributed by atoms with van der Waals surface area (Å²) in [4.78, 5) is 13.2. The minimum Gasteiger partial charge on any atom is -0.497 e. The van der Waals surface area contributed by atoms with Crippen LogP contribution in [0.4, 0.5) is 18.0 Å². The Kier molecular flexibility index (Phi) is 10.6. The van der Waals surface area contributed by atoms with Crippen molar-refractivity contribution in [1.82, 2.24) is 15.6 Å². The number of amides is 1. The van der Waals surface area contributed by atoms with Crippen LogP contribution in [0.25, 0.3) is 0 Å². The van der Waals surface area contributed by atoms with Crippen LogP contribution < -0.4 is 15.4 Å². The highest BCUT2D eigenvalue weighted by atomic mass is 19.4. The molecule has 4 N–H and O–H groups in total. The monoisotopic (exact) mass is 429 g/mol. The summed E-state index contributed by atoms with van der Waals surface area (Å²) in [5, 5.41) is 21.9. The maximum Gasteiger partial charge on any atom is 0.433 e. The Labute approximate surface area is 172 Å². The predicted octanol–water partition coefficient (Wildman–Crippen LogP) is 3.21. The van der Waals surface area contributed by atoms with E-state index in [0.29, 0.717) is 0 Å². The SMILES string of the molecule is COc1ccc(C)cc1.O=C(O)NCc1ccnc(C(F)(F)F)c1.OC1CCNC1. The third-order valence-electron chi connectivity index (χ3n) is 3.85. The number of rotatable bonds is 3. The van der Waals surface area contributed by atoms with Gasteiger partial charge in [0.1, 0.15) is 11.4 Å². The number of aryl methyl sites for hydroxylation is 1. The fourth-order valence-electron chi connectivity index (χ4n) is 2.23. The Balaban J connectivity index is 0.000000252. The zero-order valence-corrected chi connectivity index (χ0v) is 16.7. The molecule has 1 atom stereocenters. The minimum atomic E-state index is -4.51. The van der Waals surface area contributed by atoms with Gasteiger partial charge in [-0.1, -0.05) is 17.7 Å². The van der Waals surface area contributed by atoms with Gasteiger partial charge in [-0.05, 0) is 49.7 Å². The number of nitrogens with zero attached hydrogens (tertiary/aromatic N) is 1. The Morgan fingerprint density at radius 1 is 1.30 bits per heavy atom. The minimum absolute atomic E-state index is 0.0648. The van der Waals surface area contributed by atoms with Gasteiger partial charge in [-0.25, -0.2) is 4.79 Å². The lowest BCUT2D eigenvalue weighted by molar-refractivity contribution is -0.141. The van der Waals surface area contributed by atoms with E-state index in [0.717, 1.165) is 37.5 Å². The van der Waals surface area contributed by atoms with Crippen molar-refractivity contribution in [3.63, 3.8) is 0 Å². The maximum atomic E-state index is 12.2. The summed E-state index contributed by atoms with van der Waals surface area (Å²) in [6.45, 7) is 3.65. The van der Waals surface area contributed by atoms with E-state index in [1.54, 1.807) is 7.11 Å². The van der Waals surface area contributed by atoms with E-state index < -0.39 is 18.0 Å². The first-order valence-electron chi connectivity index (χ1n) is 9.10. The van der Waals surface area contributed by atoms with Crippen LogP contribution in [-0.2, 0) is 12.7 Å². The lowest BCUT2D eigenvalue weighted by Gasteiger charge is -2.07. The van der Waals surface area contributed by atoms with E-state index in [4.69, 9.17) is 14.9 Å². The molecule has 0 saturated carbocycles. The number of hydrogen-bond acceptors (Lipinski definition) is 5. The number of ether oxygens (including phenoxy) is 1. The highest BCUT2D eigenvalue weighted by Gasteiger charge is 2.32. The van der Waals surface area contributed by atoms with Gasteiger partial charge < -0.3 is 25.6 Å². The van der Waals surface area contributed by atoms with Crippen LogP contribution in [0.15, 0.2) is 42.6 Å². The highest BCUT2D eigenvalue weighted by Crippen LogP contribution is 2.27. The summed E-state index contributed by atoms with van der Waals surface area (Å²) in [6, 6.07) is 10.1. The normalized spacial score (nSPS) is 15.2. The number of halogens is 3. The van der Waals surface area contributed by atoms with Crippen LogP contribution in [0.3, 0.4) is 0 Å². The fraction of sp³-hybridized carbons (Fsp3) is 0.400. The van der Waals surface area contributed by atoms with Crippen LogP contribution in [0.1, 0.15) is 23.2 Å². The number of carboxylic acid groups (broad SMARTS) is 1. The number of benzene rings is 1. The molecule has 2 heterocycles. The molecule has 1 aromatic carbocycles. The second-order valence-corrected chi connectivity index (χ2v) is 6.37. The van der Waals surface area contributed by atoms with E-state index in [1.807, 2.05) is 29.6 Å². The van der Waals surface area contributed by atoms with Crippen molar-refractivity contribution in [1.29, 1.82) is 0 Å². The van der Waals surface area contributed by atoms with Crippen molar-refractivity contribution >= 4 is 6.09 Å². The lowest BCUT2D eigenvalue weighted by Crippen LogP contribution is -2.20. The Bertz CT molecular complexity index is 765. The van der Waals surface area contributed by atoms with Gasteiger partial charge in [-0.2, -0.15) is 13.2 Å². The molecule has 1 unspecified atom stereocenters. The van der Waals surface area contributed by atoms with Crippen molar-refractivity contribution in [2.75, 3.05) is 20.2 Å². The molecule has 1 aliphatic rings. The lowest BCUT2D eigenvalue weighted by atomic mass is 10.2. The molecule has 1 aliphatic heterocycles. The zero-order valence-electron chi connectivity index (χ0n) is 16.7. The van der Waals surface area contributed by atoms with E-state index in [1.165, 1.54) is 11.6 Å². The summed E-state index contributed by atoms with van der Waals surface area (Å²) in [6.07, 6.45) is -3.95. The molecule has 7 nitrogen and oxygen atoms in total. The van der Waals surface area contributed by atoms with Crippen molar-refractivity contribution < 1.29 is 32.9 Å². The number of hydrogen-bond donors (Lipinski definition) is 4. The molecular formula is C20H26F3N3O4. The van der Waals surface area contributed by atoms with Crippen LogP contribution >= 0.6 is 0 Å². The van der Waals surface area contributed by atoms with Crippen LogP contribution in [0.5, 0.6) is 5.75 Å². The first-order chi connectivity index (χ1) is 14.1. The van der Waals surface area contributed by atoms with Crippen LogP contribution in [0.2, 0.25) is 0 Å². The number of pyridine rings is 1. The Morgan fingerprint density at radius 3 is 2.40 bits per heavy atom. The molecule has 30 heavy (non-hydrogen) atoms. The van der Waals surface area contributed by atoms with E-state index in [2.05, 4.69) is 17.2 Å². The van der Waals surface area contributed by atoms with Gasteiger partial charge in [0.2, 0.25) is 0 Å². The van der Waals surface area contributed by atoms with Crippen molar-refractivity contribution in [3.05, 3.63) is 59.4 Å². The third kappa shape index (κ3) is 10.6. The predicted molar refractivity (Wildman–Crippen MR) is 105 cm³/mol. The first kappa shape index (κ1) is 25.2. The number of aliphatic hydroxyl groups is 1. The number of β-amino-alcohol motifs (C(OH)–C–C–N with tert-alkyl or cyclic N) is 1. The van der Waals surface area contributed by atoms with Crippen molar-refractivity contribution in [2.45, 2.75) is 32.2 Å². The van der Waals surface area contributed by atoms with Gasteiger partial charge >= 0.3 is 12.3 Å². The second kappa shape index (κ2) is 12.7. The Morgan fingerprint density at radius 2 is 1.97 bits per heavy atom. The standard InChI is InChI=1S/C8H7F3N2O2.C8H10O.C4H9NO/c9-8(10,11)6-3-5(1-2-12-6)4-13-7(14)15;1-7-3-5-8(9-2)6-4-7;6-4-1-2-5-3-4/h1-3,13H,4H2,(H,14,15);3-6H,1-2H3;4-6H,1-3H2. The molecule has 10 heteroatoms. The maximum absolute atomic E-state index is 12.2. The van der Waals surface area contributed by atoms with E-state index in [-0.39, 0.29) is 18.2 Å². The number of alkyl halides is 3. The summed E-state index contributed by atoms with van der Waals surface area (Å²) >= 11 is 0. The topological polar surface area (TPSA) is 104 Å². The largest absolute Gasteiger partial charge is 0.497 e. The Hall–Kier alpha value is -2.85. The number of aliphatic hydroxyl groups excluding tert-OH is 1. The number of nitrogens with one attached hydrogen (secondary N) is 2.